The Hall–Kier alpha value is -3.32. The molecular formula is C27H33NO6. The molecule has 0 saturated carbocycles. The monoisotopic (exact) mass is 467 g/mol. The van der Waals surface area contributed by atoms with Crippen LogP contribution >= 0.6 is 0 Å². The lowest BCUT2D eigenvalue weighted by molar-refractivity contribution is -0.140. The third kappa shape index (κ3) is 5.78. The molecule has 34 heavy (non-hydrogen) atoms. The van der Waals surface area contributed by atoms with E-state index in [0.29, 0.717) is 30.1 Å². The molecule has 2 aromatic rings. The van der Waals surface area contributed by atoms with Crippen molar-refractivity contribution in [2.45, 2.75) is 39.2 Å². The van der Waals surface area contributed by atoms with Gasteiger partial charge in [0.25, 0.3) is 11.7 Å². The van der Waals surface area contributed by atoms with Crippen LogP contribution in [-0.4, -0.2) is 55.2 Å². The van der Waals surface area contributed by atoms with Crippen molar-refractivity contribution in [3.8, 4) is 11.5 Å². The zero-order valence-corrected chi connectivity index (χ0v) is 20.1. The van der Waals surface area contributed by atoms with Gasteiger partial charge in [-0.1, -0.05) is 44.0 Å². The second-order valence-electron chi connectivity index (χ2n) is 8.07. The van der Waals surface area contributed by atoms with Crippen LogP contribution in [0.5, 0.6) is 11.5 Å². The molecule has 1 unspecified atom stereocenters. The van der Waals surface area contributed by atoms with E-state index in [9.17, 15) is 14.7 Å². The molecule has 1 fully saturated rings. The maximum Gasteiger partial charge on any atom is 0.295 e. The molecular weight excluding hydrogens is 434 g/mol. The molecule has 182 valence electrons. The number of ether oxygens (including phenoxy) is 3. The van der Waals surface area contributed by atoms with Gasteiger partial charge < -0.3 is 24.2 Å². The highest BCUT2D eigenvalue weighted by molar-refractivity contribution is 6.46. The number of unbranched alkanes of at least 4 members (excludes halogenated alkanes) is 2. The number of nitrogens with zero attached hydrogens (tertiary/aromatic N) is 1. The fourth-order valence-corrected chi connectivity index (χ4v) is 3.99. The minimum Gasteiger partial charge on any atom is -0.507 e. The van der Waals surface area contributed by atoms with Crippen LogP contribution < -0.4 is 9.47 Å². The summed E-state index contributed by atoms with van der Waals surface area (Å²) in [5, 5.41) is 11.2. The van der Waals surface area contributed by atoms with E-state index in [1.165, 1.54) is 12.0 Å². The molecule has 2 aromatic carbocycles. The van der Waals surface area contributed by atoms with Crippen molar-refractivity contribution in [1.82, 2.24) is 4.90 Å². The van der Waals surface area contributed by atoms with Gasteiger partial charge in [0.1, 0.15) is 17.3 Å². The summed E-state index contributed by atoms with van der Waals surface area (Å²) in [5.41, 5.74) is 1.17. The number of amides is 1. The van der Waals surface area contributed by atoms with Gasteiger partial charge in [0.05, 0.1) is 31.4 Å². The summed E-state index contributed by atoms with van der Waals surface area (Å²) < 4.78 is 16.5. The van der Waals surface area contributed by atoms with Crippen molar-refractivity contribution >= 4 is 17.4 Å². The molecule has 1 N–H and O–H groups in total. The maximum absolute atomic E-state index is 13.1. The standard InChI is InChI=1S/C27H33NO6/c1-4-6-7-16-34-21-13-11-19(12-14-21)24-23(26(30)27(31)28(24)15-17-32-3)25(29)20-9-8-10-22(18-20)33-5-2/h8-14,18,24,29H,4-7,15-17H2,1-3H3. The summed E-state index contributed by atoms with van der Waals surface area (Å²) >= 11 is 0. The van der Waals surface area contributed by atoms with Crippen LogP contribution in [-0.2, 0) is 14.3 Å². The smallest absolute Gasteiger partial charge is 0.295 e. The fourth-order valence-electron chi connectivity index (χ4n) is 3.99. The molecule has 1 aliphatic rings. The normalized spacial score (nSPS) is 17.3. The van der Waals surface area contributed by atoms with E-state index >= 15 is 0 Å². The molecule has 1 heterocycles. The number of ketones is 1. The van der Waals surface area contributed by atoms with Gasteiger partial charge in [-0.05, 0) is 43.2 Å². The molecule has 3 rings (SSSR count). The van der Waals surface area contributed by atoms with Crippen LogP contribution in [0.2, 0.25) is 0 Å². The number of benzene rings is 2. The van der Waals surface area contributed by atoms with Crippen LogP contribution in [0, 0.1) is 0 Å². The first-order valence-electron chi connectivity index (χ1n) is 11.7. The van der Waals surface area contributed by atoms with E-state index in [0.717, 1.165) is 25.0 Å². The second-order valence-corrected chi connectivity index (χ2v) is 8.07. The topological polar surface area (TPSA) is 85.3 Å². The van der Waals surface area contributed by atoms with Gasteiger partial charge in [-0.15, -0.1) is 0 Å². The Morgan fingerprint density at radius 1 is 0.971 bits per heavy atom. The first kappa shape index (κ1) is 25.3. The molecule has 0 aromatic heterocycles. The summed E-state index contributed by atoms with van der Waals surface area (Å²) in [6, 6.07) is 13.4. The number of aliphatic hydroxyl groups is 1. The molecule has 1 aliphatic heterocycles. The van der Waals surface area contributed by atoms with E-state index in [1.807, 2.05) is 31.2 Å². The molecule has 0 spiro atoms. The van der Waals surface area contributed by atoms with Crippen molar-refractivity contribution in [2.75, 3.05) is 33.5 Å². The zero-order valence-electron chi connectivity index (χ0n) is 20.1. The summed E-state index contributed by atoms with van der Waals surface area (Å²) in [4.78, 5) is 27.4. The van der Waals surface area contributed by atoms with Crippen molar-refractivity contribution in [1.29, 1.82) is 0 Å². The molecule has 1 atom stereocenters. The number of carbonyl (C=O) groups excluding carboxylic acids is 2. The second kappa shape index (κ2) is 12.2. The van der Waals surface area contributed by atoms with Gasteiger partial charge in [-0.2, -0.15) is 0 Å². The summed E-state index contributed by atoms with van der Waals surface area (Å²) in [6.07, 6.45) is 3.21. The Morgan fingerprint density at radius 2 is 1.74 bits per heavy atom. The Labute approximate surface area is 200 Å². The third-order valence-electron chi connectivity index (χ3n) is 5.71. The lowest BCUT2D eigenvalue weighted by Crippen LogP contribution is -2.32. The molecule has 0 bridgehead atoms. The van der Waals surface area contributed by atoms with E-state index in [4.69, 9.17) is 14.2 Å². The molecule has 7 nitrogen and oxygen atoms in total. The van der Waals surface area contributed by atoms with Crippen LogP contribution in [0.1, 0.15) is 50.3 Å². The first-order valence-corrected chi connectivity index (χ1v) is 11.7. The first-order chi connectivity index (χ1) is 16.5. The SMILES string of the molecule is CCCCCOc1ccc(C2C(=C(O)c3cccc(OCC)c3)C(=O)C(=O)N2CCOC)cc1. The Morgan fingerprint density at radius 3 is 2.41 bits per heavy atom. The highest BCUT2D eigenvalue weighted by atomic mass is 16.5. The molecule has 1 saturated heterocycles. The van der Waals surface area contributed by atoms with Crippen LogP contribution in [0.4, 0.5) is 0 Å². The van der Waals surface area contributed by atoms with Crippen LogP contribution in [0.3, 0.4) is 0 Å². The molecule has 7 heteroatoms. The van der Waals surface area contributed by atoms with Gasteiger partial charge in [-0.25, -0.2) is 0 Å². The number of aliphatic hydroxyl groups excluding tert-OH is 1. The predicted octanol–water partition coefficient (Wildman–Crippen LogP) is 4.72. The molecule has 0 aliphatic carbocycles. The number of likely N-dealkylation sites (tertiary alicyclic amines) is 1. The number of hydrogen-bond acceptors (Lipinski definition) is 6. The summed E-state index contributed by atoms with van der Waals surface area (Å²) in [5.74, 6) is -0.325. The molecule has 1 amide bonds. The average Bonchev–Trinajstić information content (AvgIpc) is 3.10. The third-order valence-corrected chi connectivity index (χ3v) is 5.71. The number of carbonyl (C=O) groups is 2. The lowest BCUT2D eigenvalue weighted by atomic mass is 9.95. The zero-order chi connectivity index (χ0) is 24.5. The van der Waals surface area contributed by atoms with Crippen molar-refractivity contribution in [3.63, 3.8) is 0 Å². The van der Waals surface area contributed by atoms with E-state index in [-0.39, 0.29) is 24.5 Å². The minimum absolute atomic E-state index is 0.0476. The van der Waals surface area contributed by atoms with Crippen molar-refractivity contribution in [3.05, 3.63) is 65.2 Å². The highest BCUT2D eigenvalue weighted by Gasteiger charge is 2.45. The van der Waals surface area contributed by atoms with Gasteiger partial charge >= 0.3 is 0 Å². The van der Waals surface area contributed by atoms with Crippen molar-refractivity contribution < 1.29 is 28.9 Å². The maximum atomic E-state index is 13.1. The fraction of sp³-hybridized carbons (Fsp3) is 0.407. The quantitative estimate of drug-likeness (QED) is 0.210. The largest absolute Gasteiger partial charge is 0.507 e. The van der Waals surface area contributed by atoms with Gasteiger partial charge in [0.2, 0.25) is 0 Å². The Balaban J connectivity index is 1.98. The van der Waals surface area contributed by atoms with Crippen molar-refractivity contribution in [2.24, 2.45) is 0 Å². The highest BCUT2D eigenvalue weighted by Crippen LogP contribution is 2.40. The van der Waals surface area contributed by atoms with Crippen LogP contribution in [0.15, 0.2) is 54.1 Å². The summed E-state index contributed by atoms with van der Waals surface area (Å²) in [7, 11) is 1.54. The Bertz CT molecular complexity index is 1010. The Kier molecular flexibility index (Phi) is 9.10. The predicted molar refractivity (Wildman–Crippen MR) is 130 cm³/mol. The van der Waals surface area contributed by atoms with E-state index < -0.39 is 17.7 Å². The number of hydrogen-bond donors (Lipinski definition) is 1. The van der Waals surface area contributed by atoms with Gasteiger partial charge in [0.15, 0.2) is 0 Å². The summed E-state index contributed by atoms with van der Waals surface area (Å²) in [6.45, 7) is 5.60. The van der Waals surface area contributed by atoms with E-state index in [2.05, 4.69) is 6.92 Å². The van der Waals surface area contributed by atoms with E-state index in [1.54, 1.807) is 24.3 Å². The number of rotatable bonds is 12. The molecule has 0 radical (unpaired) electrons. The lowest BCUT2D eigenvalue weighted by Gasteiger charge is -2.25. The van der Waals surface area contributed by atoms with Gasteiger partial charge in [-0.3, -0.25) is 9.59 Å². The van der Waals surface area contributed by atoms with Crippen LogP contribution in [0.25, 0.3) is 5.76 Å². The van der Waals surface area contributed by atoms with Gasteiger partial charge in [0, 0.05) is 19.2 Å². The number of methoxy groups -OCH3 is 1. The average molecular weight is 468 g/mol. The minimum atomic E-state index is -0.736. The number of Topliss-reactive ketones (excluding diaryl/α,β-unsaturated/α-hetero) is 1.